The third kappa shape index (κ3) is 3.90. The maximum Gasteiger partial charge on any atom is 0.338 e. The summed E-state index contributed by atoms with van der Waals surface area (Å²) in [4.78, 5) is 22.1. The van der Waals surface area contributed by atoms with Crippen molar-refractivity contribution in [3.05, 3.63) is 52.1 Å². The van der Waals surface area contributed by atoms with Crippen molar-refractivity contribution in [2.75, 3.05) is 0 Å². The van der Waals surface area contributed by atoms with Crippen LogP contribution in [0.5, 0.6) is 0 Å². The number of allylic oxidation sites excluding steroid dienone is 1. The molecule has 5 nitrogen and oxygen atoms in total. The minimum absolute atomic E-state index is 0.0356. The largest absolute Gasteiger partial charge is 0.459 e. The first-order valence-corrected chi connectivity index (χ1v) is 7.08. The molecule has 1 fully saturated rings. The molecule has 0 aromatic heterocycles. The summed E-state index contributed by atoms with van der Waals surface area (Å²) in [7, 11) is 0. The number of ether oxygens (including phenoxy) is 1. The molecule has 0 radical (unpaired) electrons. The van der Waals surface area contributed by atoms with Crippen molar-refractivity contribution >= 4 is 11.7 Å². The number of nitro benzene ring substituents is 1. The van der Waals surface area contributed by atoms with Crippen LogP contribution in [0.4, 0.5) is 5.69 Å². The number of nitrogens with zero attached hydrogens (tertiary/aromatic N) is 1. The summed E-state index contributed by atoms with van der Waals surface area (Å²) in [5, 5.41) is 10.6. The minimum atomic E-state index is -0.492. The molecule has 1 aromatic carbocycles. The normalized spacial score (nSPS) is 21.6. The van der Waals surface area contributed by atoms with Crippen LogP contribution in [0.3, 0.4) is 0 Å². The molecule has 0 bridgehead atoms. The summed E-state index contributed by atoms with van der Waals surface area (Å²) in [6, 6.07) is 5.49. The Morgan fingerprint density at radius 2 is 2.00 bits per heavy atom. The van der Waals surface area contributed by atoms with Crippen molar-refractivity contribution in [3.63, 3.8) is 0 Å². The first kappa shape index (κ1) is 15.2. The number of non-ortho nitro benzene ring substituents is 1. The van der Waals surface area contributed by atoms with Crippen molar-refractivity contribution in [2.45, 2.75) is 38.7 Å². The van der Waals surface area contributed by atoms with E-state index in [0.717, 1.165) is 31.3 Å². The average molecular weight is 289 g/mol. The second kappa shape index (κ2) is 6.52. The molecule has 21 heavy (non-hydrogen) atoms. The number of benzene rings is 1. The molecule has 2 atom stereocenters. The average Bonchev–Trinajstić information content (AvgIpc) is 2.47. The van der Waals surface area contributed by atoms with Gasteiger partial charge in [0.05, 0.1) is 10.5 Å². The van der Waals surface area contributed by atoms with Crippen LogP contribution < -0.4 is 0 Å². The van der Waals surface area contributed by atoms with Gasteiger partial charge in [0.2, 0.25) is 0 Å². The van der Waals surface area contributed by atoms with Gasteiger partial charge in [-0.15, -0.1) is 0 Å². The molecule has 0 spiro atoms. The van der Waals surface area contributed by atoms with Crippen LogP contribution in [0.1, 0.15) is 43.0 Å². The summed E-state index contributed by atoms with van der Waals surface area (Å²) in [6.07, 6.45) is 3.70. The molecular weight excluding hydrogens is 270 g/mol. The van der Waals surface area contributed by atoms with Crippen LogP contribution in [-0.2, 0) is 4.74 Å². The highest BCUT2D eigenvalue weighted by molar-refractivity contribution is 5.89. The first-order valence-electron chi connectivity index (χ1n) is 7.08. The highest BCUT2D eigenvalue weighted by Crippen LogP contribution is 2.31. The Morgan fingerprint density at radius 1 is 1.33 bits per heavy atom. The van der Waals surface area contributed by atoms with E-state index >= 15 is 0 Å². The minimum Gasteiger partial charge on any atom is -0.459 e. The van der Waals surface area contributed by atoms with Gasteiger partial charge >= 0.3 is 5.97 Å². The lowest BCUT2D eigenvalue weighted by atomic mass is 9.83. The SMILES string of the molecule is C=C(C)[C@H]1CCC[C@H](OC(=O)c2ccc([N+](=O)[O-])cc2)C1. The highest BCUT2D eigenvalue weighted by Gasteiger charge is 2.25. The zero-order valence-electron chi connectivity index (χ0n) is 12.1. The van der Waals surface area contributed by atoms with E-state index in [9.17, 15) is 14.9 Å². The molecule has 0 unspecified atom stereocenters. The number of carbonyl (C=O) groups excluding carboxylic acids is 1. The van der Waals surface area contributed by atoms with Gasteiger partial charge in [-0.3, -0.25) is 10.1 Å². The zero-order chi connectivity index (χ0) is 15.4. The molecule has 0 N–H and O–H groups in total. The summed E-state index contributed by atoms with van der Waals surface area (Å²) in [6.45, 7) is 5.98. The van der Waals surface area contributed by atoms with E-state index in [2.05, 4.69) is 6.58 Å². The monoisotopic (exact) mass is 289 g/mol. The third-order valence-corrected chi connectivity index (χ3v) is 3.91. The maximum absolute atomic E-state index is 12.1. The number of carbonyl (C=O) groups is 1. The lowest BCUT2D eigenvalue weighted by Gasteiger charge is -2.29. The molecule has 0 saturated heterocycles. The van der Waals surface area contributed by atoms with Crippen molar-refractivity contribution in [3.8, 4) is 0 Å². The van der Waals surface area contributed by atoms with Gasteiger partial charge in [0.1, 0.15) is 6.10 Å². The van der Waals surface area contributed by atoms with Crippen LogP contribution in [0.15, 0.2) is 36.4 Å². The molecule has 0 amide bonds. The predicted octanol–water partition coefficient (Wildman–Crippen LogP) is 3.89. The van der Waals surface area contributed by atoms with Gasteiger partial charge in [-0.1, -0.05) is 12.2 Å². The van der Waals surface area contributed by atoms with Crippen molar-refractivity contribution < 1.29 is 14.5 Å². The predicted molar refractivity (Wildman–Crippen MR) is 79.1 cm³/mol. The summed E-state index contributed by atoms with van der Waals surface area (Å²) < 4.78 is 5.51. The van der Waals surface area contributed by atoms with Crippen LogP contribution in [0, 0.1) is 16.0 Å². The fourth-order valence-corrected chi connectivity index (χ4v) is 2.64. The van der Waals surface area contributed by atoms with E-state index in [1.807, 2.05) is 6.92 Å². The van der Waals surface area contributed by atoms with Crippen molar-refractivity contribution in [2.24, 2.45) is 5.92 Å². The molecule has 0 aliphatic heterocycles. The number of esters is 1. The molecule has 2 rings (SSSR count). The van der Waals surface area contributed by atoms with Gasteiger partial charge in [-0.05, 0) is 50.7 Å². The van der Waals surface area contributed by atoms with E-state index in [4.69, 9.17) is 4.74 Å². The fraction of sp³-hybridized carbons (Fsp3) is 0.438. The second-order valence-electron chi connectivity index (χ2n) is 5.54. The summed E-state index contributed by atoms with van der Waals surface area (Å²) in [5.41, 5.74) is 1.44. The smallest absolute Gasteiger partial charge is 0.338 e. The maximum atomic E-state index is 12.1. The summed E-state index contributed by atoms with van der Waals surface area (Å²) in [5.74, 6) is -0.00864. The van der Waals surface area contributed by atoms with E-state index in [0.29, 0.717) is 11.5 Å². The Kier molecular flexibility index (Phi) is 4.73. The number of hydrogen-bond acceptors (Lipinski definition) is 4. The van der Waals surface area contributed by atoms with Crippen LogP contribution in [0.25, 0.3) is 0 Å². The van der Waals surface area contributed by atoms with Crippen molar-refractivity contribution in [1.29, 1.82) is 0 Å². The molecule has 5 heteroatoms. The highest BCUT2D eigenvalue weighted by atomic mass is 16.6. The topological polar surface area (TPSA) is 69.4 Å². The fourth-order valence-electron chi connectivity index (χ4n) is 2.64. The van der Waals surface area contributed by atoms with Crippen LogP contribution >= 0.6 is 0 Å². The molecule has 1 aliphatic rings. The number of nitro groups is 1. The lowest BCUT2D eigenvalue weighted by molar-refractivity contribution is -0.384. The molecule has 112 valence electrons. The van der Waals surface area contributed by atoms with Gasteiger partial charge in [0.25, 0.3) is 5.69 Å². The zero-order valence-corrected chi connectivity index (χ0v) is 12.1. The second-order valence-corrected chi connectivity index (χ2v) is 5.54. The molecule has 1 aromatic rings. The van der Waals surface area contributed by atoms with E-state index < -0.39 is 10.9 Å². The van der Waals surface area contributed by atoms with Crippen LogP contribution in [-0.4, -0.2) is 17.0 Å². The van der Waals surface area contributed by atoms with E-state index in [1.54, 1.807) is 0 Å². The molecule has 0 heterocycles. The van der Waals surface area contributed by atoms with E-state index in [-0.39, 0.29) is 11.8 Å². The van der Waals surface area contributed by atoms with Gasteiger partial charge in [0, 0.05) is 12.1 Å². The molecule has 1 saturated carbocycles. The Labute approximate surface area is 123 Å². The third-order valence-electron chi connectivity index (χ3n) is 3.91. The molecule has 1 aliphatic carbocycles. The lowest BCUT2D eigenvalue weighted by Crippen LogP contribution is -2.26. The summed E-state index contributed by atoms with van der Waals surface area (Å²) >= 11 is 0. The standard InChI is InChI=1S/C16H19NO4/c1-11(2)13-4-3-5-15(10-13)21-16(18)12-6-8-14(9-7-12)17(19)20/h6-9,13,15H,1,3-5,10H2,2H3/t13-,15-/m0/s1. The van der Waals surface area contributed by atoms with E-state index in [1.165, 1.54) is 24.3 Å². The Balaban J connectivity index is 1.97. The van der Waals surface area contributed by atoms with Crippen LogP contribution in [0.2, 0.25) is 0 Å². The van der Waals surface area contributed by atoms with Crippen molar-refractivity contribution in [1.82, 2.24) is 0 Å². The Hall–Kier alpha value is -2.17. The number of hydrogen-bond donors (Lipinski definition) is 0. The quantitative estimate of drug-likeness (QED) is 0.365. The molecular formula is C16H19NO4. The van der Waals surface area contributed by atoms with Gasteiger partial charge in [0.15, 0.2) is 0 Å². The van der Waals surface area contributed by atoms with Gasteiger partial charge in [-0.2, -0.15) is 0 Å². The van der Waals surface area contributed by atoms with Gasteiger partial charge in [-0.25, -0.2) is 4.79 Å². The number of rotatable bonds is 4. The first-order chi connectivity index (χ1) is 9.97. The Bertz CT molecular complexity index is 550. The van der Waals surface area contributed by atoms with Gasteiger partial charge < -0.3 is 4.74 Å². The Morgan fingerprint density at radius 3 is 2.57 bits per heavy atom.